The molecule has 0 atom stereocenters. The largest absolute Gasteiger partial charge is 1.00 e. The Bertz CT molecular complexity index is 21.7. The average Bonchev–Trinajstić information content (AvgIpc) is 1.61. The van der Waals surface area contributed by atoms with E-state index in [9.17, 15) is 5.11 Å². The van der Waals surface area contributed by atoms with Crippen LogP contribution in [0.15, 0.2) is 0 Å². The first-order valence-corrected chi connectivity index (χ1v) is 1.99. The summed E-state index contributed by atoms with van der Waals surface area (Å²) < 4.78 is 4.58. The molecule has 0 unspecified atom stereocenters. The molecule has 0 saturated heterocycles. The maximum absolute atomic E-state index is 9.61. The van der Waals surface area contributed by atoms with Crippen molar-refractivity contribution in [1.82, 2.24) is 0 Å². The first-order chi connectivity index (χ1) is 2.91. The van der Waals surface area contributed by atoms with E-state index in [-0.39, 0.29) is 36.2 Å². The van der Waals surface area contributed by atoms with E-state index in [1.54, 1.807) is 7.11 Å². The molecule has 0 aromatic rings. The Hall–Kier alpha value is 0.920. The maximum Gasteiger partial charge on any atom is 1.00 e. The second kappa shape index (κ2) is 10.0. The first-order valence-electron chi connectivity index (χ1n) is 1.99. The van der Waals surface area contributed by atoms with Crippen LogP contribution in [-0.2, 0) is 4.74 Å². The van der Waals surface area contributed by atoms with Gasteiger partial charge in [0.05, 0.1) is 0 Å². The normalized spacial score (nSPS) is 7.71. The van der Waals surface area contributed by atoms with Crippen LogP contribution in [-0.4, -0.2) is 20.3 Å². The SMILES string of the molecule is COCCC[O-].[Na+]. The van der Waals surface area contributed by atoms with Crippen LogP contribution in [0.4, 0.5) is 0 Å². The minimum atomic E-state index is -0.0200. The maximum atomic E-state index is 9.61. The molecule has 0 aliphatic carbocycles. The van der Waals surface area contributed by atoms with E-state index >= 15 is 0 Å². The molecular formula is C4H9NaO2. The summed E-state index contributed by atoms with van der Waals surface area (Å²) in [6.45, 7) is 0.581. The summed E-state index contributed by atoms with van der Waals surface area (Å²) in [6, 6.07) is 0. The van der Waals surface area contributed by atoms with Gasteiger partial charge >= 0.3 is 29.6 Å². The molecule has 0 aliphatic rings. The molecule has 0 rings (SSSR count). The van der Waals surface area contributed by atoms with E-state index in [1.807, 2.05) is 0 Å². The molecular weight excluding hydrogens is 103 g/mol. The Kier molecular flexibility index (Phi) is 15.5. The van der Waals surface area contributed by atoms with E-state index in [0.29, 0.717) is 13.0 Å². The average molecular weight is 112 g/mol. The number of ether oxygens (including phenoxy) is 1. The van der Waals surface area contributed by atoms with Crippen molar-refractivity contribution in [3.8, 4) is 0 Å². The summed E-state index contributed by atoms with van der Waals surface area (Å²) in [7, 11) is 1.59. The Labute approximate surface area is 66.2 Å². The monoisotopic (exact) mass is 112 g/mol. The first kappa shape index (κ1) is 10.8. The van der Waals surface area contributed by atoms with Gasteiger partial charge in [-0.15, -0.1) is 6.61 Å². The van der Waals surface area contributed by atoms with Gasteiger partial charge in [0.1, 0.15) is 0 Å². The van der Waals surface area contributed by atoms with Gasteiger partial charge in [0, 0.05) is 13.7 Å². The van der Waals surface area contributed by atoms with Crippen molar-refractivity contribution in [3.05, 3.63) is 0 Å². The minimum Gasteiger partial charge on any atom is -0.854 e. The Balaban J connectivity index is 0. The van der Waals surface area contributed by atoms with Crippen molar-refractivity contribution in [2.45, 2.75) is 6.42 Å². The molecule has 7 heavy (non-hydrogen) atoms. The zero-order valence-electron chi connectivity index (χ0n) is 4.94. The van der Waals surface area contributed by atoms with Crippen molar-refractivity contribution in [2.24, 2.45) is 0 Å². The molecule has 0 spiro atoms. The third-order valence-electron chi connectivity index (χ3n) is 0.493. The predicted molar refractivity (Wildman–Crippen MR) is 21.4 cm³/mol. The van der Waals surface area contributed by atoms with Crippen LogP contribution >= 0.6 is 0 Å². The molecule has 0 heterocycles. The smallest absolute Gasteiger partial charge is 0.854 e. The summed E-state index contributed by atoms with van der Waals surface area (Å²) >= 11 is 0. The van der Waals surface area contributed by atoms with Crippen molar-refractivity contribution in [2.75, 3.05) is 20.3 Å². The predicted octanol–water partition coefficient (Wildman–Crippen LogP) is -3.61. The molecule has 2 nitrogen and oxygen atoms in total. The fourth-order valence-electron chi connectivity index (χ4n) is 0.203. The van der Waals surface area contributed by atoms with E-state index in [0.717, 1.165) is 0 Å². The summed E-state index contributed by atoms with van der Waals surface area (Å²) in [4.78, 5) is 0. The Morgan fingerprint density at radius 1 is 1.57 bits per heavy atom. The fourth-order valence-corrected chi connectivity index (χ4v) is 0.203. The third-order valence-corrected chi connectivity index (χ3v) is 0.493. The van der Waals surface area contributed by atoms with Crippen LogP contribution in [0.3, 0.4) is 0 Å². The van der Waals surface area contributed by atoms with Gasteiger partial charge in [0.2, 0.25) is 0 Å². The van der Waals surface area contributed by atoms with Gasteiger partial charge in [-0.05, 0) is 6.42 Å². The van der Waals surface area contributed by atoms with Crippen LogP contribution in [0.2, 0.25) is 0 Å². The second-order valence-electron chi connectivity index (χ2n) is 1.05. The molecule has 0 radical (unpaired) electrons. The van der Waals surface area contributed by atoms with Crippen LogP contribution in [0.25, 0.3) is 0 Å². The van der Waals surface area contributed by atoms with Crippen molar-refractivity contribution in [3.63, 3.8) is 0 Å². The number of hydrogen-bond acceptors (Lipinski definition) is 2. The molecule has 0 fully saturated rings. The minimum absolute atomic E-state index is 0. The van der Waals surface area contributed by atoms with Crippen LogP contribution in [0.1, 0.15) is 6.42 Å². The Morgan fingerprint density at radius 3 is 2.29 bits per heavy atom. The standard InChI is InChI=1S/C4H9O2.Na/c1-6-4-2-3-5;/h2-4H2,1H3;/q-1;+1. The number of rotatable bonds is 3. The van der Waals surface area contributed by atoms with Gasteiger partial charge in [-0.2, -0.15) is 0 Å². The number of hydrogen-bond donors (Lipinski definition) is 0. The summed E-state index contributed by atoms with van der Waals surface area (Å²) in [5, 5.41) is 9.61. The van der Waals surface area contributed by atoms with Crippen LogP contribution < -0.4 is 34.7 Å². The van der Waals surface area contributed by atoms with E-state index in [4.69, 9.17) is 0 Å². The molecule has 0 N–H and O–H groups in total. The van der Waals surface area contributed by atoms with Crippen LogP contribution in [0.5, 0.6) is 0 Å². The van der Waals surface area contributed by atoms with Crippen molar-refractivity contribution < 1.29 is 39.4 Å². The second-order valence-corrected chi connectivity index (χ2v) is 1.05. The summed E-state index contributed by atoms with van der Waals surface area (Å²) in [5.41, 5.74) is 0. The van der Waals surface area contributed by atoms with Crippen molar-refractivity contribution in [1.29, 1.82) is 0 Å². The zero-order valence-corrected chi connectivity index (χ0v) is 6.94. The fraction of sp³-hybridized carbons (Fsp3) is 1.00. The van der Waals surface area contributed by atoms with Gasteiger partial charge in [0.15, 0.2) is 0 Å². The van der Waals surface area contributed by atoms with Gasteiger partial charge in [0.25, 0.3) is 0 Å². The molecule has 0 aromatic carbocycles. The Morgan fingerprint density at radius 2 is 2.14 bits per heavy atom. The molecule has 0 aliphatic heterocycles. The summed E-state index contributed by atoms with van der Waals surface area (Å²) in [6.07, 6.45) is 0.635. The molecule has 0 aromatic heterocycles. The van der Waals surface area contributed by atoms with E-state index in [2.05, 4.69) is 4.74 Å². The van der Waals surface area contributed by atoms with Gasteiger partial charge in [-0.3, -0.25) is 0 Å². The third kappa shape index (κ3) is 10.9. The molecule has 0 bridgehead atoms. The molecule has 38 valence electrons. The molecule has 0 amide bonds. The van der Waals surface area contributed by atoms with Gasteiger partial charge in [-0.25, -0.2) is 0 Å². The zero-order chi connectivity index (χ0) is 4.83. The van der Waals surface area contributed by atoms with E-state index < -0.39 is 0 Å². The molecule has 3 heteroatoms. The summed E-state index contributed by atoms with van der Waals surface area (Å²) in [5.74, 6) is 0. The molecule has 0 saturated carbocycles. The van der Waals surface area contributed by atoms with E-state index in [1.165, 1.54) is 0 Å². The van der Waals surface area contributed by atoms with Gasteiger partial charge in [-0.1, -0.05) is 0 Å². The van der Waals surface area contributed by atoms with Crippen LogP contribution in [0, 0.1) is 0 Å². The number of methoxy groups -OCH3 is 1. The topological polar surface area (TPSA) is 32.3 Å². The van der Waals surface area contributed by atoms with Crippen molar-refractivity contribution >= 4 is 0 Å². The van der Waals surface area contributed by atoms with Gasteiger partial charge < -0.3 is 9.84 Å². The quantitative estimate of drug-likeness (QED) is 0.279.